The number of halogens is 3. The number of likely N-dealkylation sites (tertiary alicyclic amines) is 1. The maximum absolute atomic E-state index is 13.3. The highest BCUT2D eigenvalue weighted by atomic mass is 28.3. The van der Waals surface area contributed by atoms with Gasteiger partial charge in [-0.3, -0.25) is 0 Å². The van der Waals surface area contributed by atoms with E-state index >= 15 is 0 Å². The highest BCUT2D eigenvalue weighted by molar-refractivity contribution is 6.76. The van der Waals surface area contributed by atoms with Gasteiger partial charge in [0, 0.05) is 39.5 Å². The van der Waals surface area contributed by atoms with Crippen LogP contribution in [0.5, 0.6) is 0 Å². The fourth-order valence-corrected chi connectivity index (χ4v) is 6.61. The van der Waals surface area contributed by atoms with Crippen LogP contribution in [-0.4, -0.2) is 68.6 Å². The van der Waals surface area contributed by atoms with Crippen molar-refractivity contribution in [1.82, 2.24) is 29.2 Å². The normalized spacial score (nSPS) is 18.7. The average molecular weight is 685 g/mol. The van der Waals surface area contributed by atoms with E-state index in [4.69, 9.17) is 19.4 Å². The lowest BCUT2D eigenvalue weighted by molar-refractivity contribution is -0.212. The maximum Gasteiger partial charge on any atom is 0.504 e. The Kier molecular flexibility index (Phi) is 9.70. The zero-order valence-corrected chi connectivity index (χ0v) is 28.8. The summed E-state index contributed by atoms with van der Waals surface area (Å²) in [5.74, 6) is 1.05. The minimum atomic E-state index is -4.65. The Morgan fingerprint density at radius 2 is 1.83 bits per heavy atom. The molecule has 2 atom stereocenters. The van der Waals surface area contributed by atoms with Crippen molar-refractivity contribution in [3.8, 4) is 0 Å². The van der Waals surface area contributed by atoms with Gasteiger partial charge in [0.1, 0.15) is 24.8 Å². The van der Waals surface area contributed by atoms with Crippen LogP contribution in [0.2, 0.25) is 25.7 Å². The average Bonchev–Trinajstić information content (AvgIpc) is 3.65. The van der Waals surface area contributed by atoms with E-state index in [0.29, 0.717) is 30.5 Å². The largest absolute Gasteiger partial charge is 0.504 e. The van der Waals surface area contributed by atoms with E-state index in [1.54, 1.807) is 4.90 Å². The number of hydrogen-bond acceptors (Lipinski definition) is 8. The van der Waals surface area contributed by atoms with Crippen molar-refractivity contribution < 1.29 is 27.4 Å². The third-order valence-electron chi connectivity index (χ3n) is 8.75. The van der Waals surface area contributed by atoms with Gasteiger partial charge in [0.2, 0.25) is 5.95 Å². The van der Waals surface area contributed by atoms with Crippen molar-refractivity contribution in [2.24, 2.45) is 0 Å². The lowest BCUT2D eigenvalue weighted by Gasteiger charge is -2.37. The number of carbonyl (C=O) groups is 1. The van der Waals surface area contributed by atoms with Gasteiger partial charge in [0.25, 0.3) is 0 Å². The standard InChI is InChI=1S/C33H43F3N8O3Si/c1-22-10-13-25(17-43(22)32(45)47-20-23-8-6-5-7-9-23)38-29-28-27(24-11-12-24)19-42(21-46-14-15-48(2,3)4)30(28)41-31(40-29)39-26-16-37-44(18-26)33(34,35)36/h5-9,16,18-19,22,24-25H,10-15,17,20-21H2,1-4H3,(H2,38,39,40,41)/t22-,25+/m0/s1. The fraction of sp³-hybridized carbons (Fsp3) is 0.515. The van der Waals surface area contributed by atoms with E-state index in [-0.39, 0.29) is 47.8 Å². The molecular weight excluding hydrogens is 641 g/mol. The zero-order valence-electron chi connectivity index (χ0n) is 27.8. The summed E-state index contributed by atoms with van der Waals surface area (Å²) in [5.41, 5.74) is 2.75. The Hall–Kier alpha value is -4.11. The zero-order chi connectivity index (χ0) is 34.1. The highest BCUT2D eigenvalue weighted by Gasteiger charge is 2.34. The third kappa shape index (κ3) is 8.29. The number of fused-ring (bicyclic) bond motifs is 1. The molecular formula is C33H43F3N8O3Si. The van der Waals surface area contributed by atoms with Crippen LogP contribution in [0.25, 0.3) is 11.0 Å². The van der Waals surface area contributed by atoms with E-state index in [2.05, 4.69) is 41.6 Å². The van der Waals surface area contributed by atoms with Crippen molar-refractivity contribution in [2.45, 2.75) is 95.9 Å². The first kappa shape index (κ1) is 33.8. The van der Waals surface area contributed by atoms with Gasteiger partial charge in [-0.2, -0.15) is 19.7 Å². The Balaban J connectivity index is 1.28. The number of carbonyl (C=O) groups excluding carboxylic acids is 1. The number of rotatable bonds is 12. The number of nitrogens with one attached hydrogen (secondary N) is 2. The maximum atomic E-state index is 13.3. The lowest BCUT2D eigenvalue weighted by atomic mass is 9.99. The number of alkyl halides is 3. The molecule has 4 aromatic rings. The number of ether oxygens (including phenoxy) is 2. The third-order valence-corrected chi connectivity index (χ3v) is 10.5. The van der Waals surface area contributed by atoms with Crippen LogP contribution in [0.1, 0.15) is 49.7 Å². The molecule has 1 saturated heterocycles. The van der Waals surface area contributed by atoms with Gasteiger partial charge >= 0.3 is 12.4 Å². The Morgan fingerprint density at radius 3 is 2.52 bits per heavy atom. The molecule has 0 unspecified atom stereocenters. The first-order valence-corrected chi connectivity index (χ1v) is 20.2. The lowest BCUT2D eigenvalue weighted by Crippen LogP contribution is -2.49. The number of nitrogens with zero attached hydrogens (tertiary/aromatic N) is 6. The summed E-state index contributed by atoms with van der Waals surface area (Å²) in [5, 5.41) is 10.8. The van der Waals surface area contributed by atoms with Gasteiger partial charge in [0.05, 0.1) is 23.5 Å². The summed E-state index contributed by atoms with van der Waals surface area (Å²) in [6, 6.07) is 10.4. The van der Waals surface area contributed by atoms with Crippen LogP contribution < -0.4 is 10.6 Å². The molecule has 2 aliphatic rings. The second-order valence-corrected chi connectivity index (χ2v) is 19.6. The molecule has 4 heterocycles. The summed E-state index contributed by atoms with van der Waals surface area (Å²) in [6.07, 6.45) is 2.63. The van der Waals surface area contributed by atoms with Crippen LogP contribution in [0.3, 0.4) is 0 Å². The molecule has 6 rings (SSSR count). The summed E-state index contributed by atoms with van der Waals surface area (Å²) in [6.45, 7) is 10.4. The van der Waals surface area contributed by atoms with Crippen LogP contribution in [0.4, 0.5) is 35.4 Å². The molecule has 1 aliphatic carbocycles. The van der Waals surface area contributed by atoms with E-state index in [9.17, 15) is 18.0 Å². The number of aromatic nitrogens is 5. The molecule has 15 heteroatoms. The predicted molar refractivity (Wildman–Crippen MR) is 180 cm³/mol. The molecule has 2 fully saturated rings. The Morgan fingerprint density at radius 1 is 1.06 bits per heavy atom. The molecule has 0 bridgehead atoms. The fourth-order valence-electron chi connectivity index (χ4n) is 5.85. The van der Waals surface area contributed by atoms with Gasteiger partial charge in [-0.05, 0) is 55.7 Å². The van der Waals surface area contributed by atoms with E-state index in [0.717, 1.165) is 60.6 Å². The first-order chi connectivity index (χ1) is 22.8. The van der Waals surface area contributed by atoms with Gasteiger partial charge in [0.15, 0.2) is 0 Å². The van der Waals surface area contributed by atoms with Crippen molar-refractivity contribution in [3.63, 3.8) is 0 Å². The minimum Gasteiger partial charge on any atom is -0.445 e. The van der Waals surface area contributed by atoms with Crippen LogP contribution in [0, 0.1) is 0 Å². The van der Waals surface area contributed by atoms with E-state index in [1.807, 2.05) is 41.8 Å². The molecule has 48 heavy (non-hydrogen) atoms. The number of anilines is 3. The van der Waals surface area contributed by atoms with Crippen LogP contribution in [0.15, 0.2) is 48.9 Å². The highest BCUT2D eigenvalue weighted by Crippen LogP contribution is 2.46. The summed E-state index contributed by atoms with van der Waals surface area (Å²) < 4.78 is 53.5. The quantitative estimate of drug-likeness (QED) is 0.116. The SMILES string of the molecule is C[C@H]1CC[C@@H](Nc2nc(Nc3cnn(C(F)(F)F)c3)nc3c2c(C2CC2)cn3COCC[Si](C)(C)C)CN1C(=O)OCc1ccccc1. The molecule has 0 spiro atoms. The molecule has 258 valence electrons. The van der Waals surface area contributed by atoms with Crippen LogP contribution >= 0.6 is 0 Å². The minimum absolute atomic E-state index is 0.00412. The Bertz CT molecular complexity index is 1720. The Labute approximate surface area is 278 Å². The predicted octanol–water partition coefficient (Wildman–Crippen LogP) is 7.64. The van der Waals surface area contributed by atoms with E-state index in [1.165, 1.54) is 0 Å². The second kappa shape index (κ2) is 13.8. The molecule has 3 aromatic heterocycles. The summed E-state index contributed by atoms with van der Waals surface area (Å²) in [7, 11) is -1.30. The molecule has 1 saturated carbocycles. The topological polar surface area (TPSA) is 111 Å². The van der Waals surface area contributed by atoms with Gasteiger partial charge in [-0.25, -0.2) is 4.79 Å². The summed E-state index contributed by atoms with van der Waals surface area (Å²) in [4.78, 5) is 24.5. The van der Waals surface area contributed by atoms with Gasteiger partial charge in [-0.15, -0.1) is 13.2 Å². The van der Waals surface area contributed by atoms with Crippen molar-refractivity contribution in [2.75, 3.05) is 23.8 Å². The monoisotopic (exact) mass is 684 g/mol. The molecule has 2 N–H and O–H groups in total. The smallest absolute Gasteiger partial charge is 0.445 e. The molecule has 1 aliphatic heterocycles. The van der Waals surface area contributed by atoms with E-state index < -0.39 is 14.4 Å². The van der Waals surface area contributed by atoms with Gasteiger partial charge in [-0.1, -0.05) is 50.0 Å². The van der Waals surface area contributed by atoms with Crippen molar-refractivity contribution in [3.05, 3.63) is 60.0 Å². The molecule has 1 aromatic carbocycles. The molecule has 0 radical (unpaired) electrons. The number of benzene rings is 1. The first-order valence-electron chi connectivity index (χ1n) is 16.5. The van der Waals surface area contributed by atoms with Gasteiger partial charge < -0.3 is 29.6 Å². The number of hydrogen-bond donors (Lipinski definition) is 2. The summed E-state index contributed by atoms with van der Waals surface area (Å²) >= 11 is 0. The number of amides is 1. The van der Waals surface area contributed by atoms with Crippen molar-refractivity contribution >= 4 is 42.7 Å². The molecule has 1 amide bonds. The van der Waals surface area contributed by atoms with Crippen LogP contribution in [-0.2, 0) is 29.1 Å². The molecule has 11 nitrogen and oxygen atoms in total. The number of piperidine rings is 1. The van der Waals surface area contributed by atoms with Crippen molar-refractivity contribution in [1.29, 1.82) is 0 Å². The second-order valence-electron chi connectivity index (χ2n) is 14.0.